The fraction of sp³-hybridized carbons (Fsp3) is 0.273. The first-order valence-corrected chi connectivity index (χ1v) is 9.25. The van der Waals surface area contributed by atoms with Crippen LogP contribution in [-0.4, -0.2) is 37.3 Å². The Morgan fingerprint density at radius 3 is 2.39 bits per heavy atom. The third-order valence-electron chi connectivity index (χ3n) is 4.18. The van der Waals surface area contributed by atoms with Gasteiger partial charge in [-0.1, -0.05) is 30.3 Å². The number of nitrogens with one attached hydrogen (secondary N) is 1. The Labute approximate surface area is 166 Å². The summed E-state index contributed by atoms with van der Waals surface area (Å²) in [7, 11) is 3.65. The number of hydrogen-bond acceptors (Lipinski definition) is 6. The van der Waals surface area contributed by atoms with Crippen molar-refractivity contribution in [3.05, 3.63) is 71.9 Å². The van der Waals surface area contributed by atoms with Crippen molar-refractivity contribution in [2.75, 3.05) is 37.5 Å². The number of nitrogens with zero attached hydrogens (tertiary/aromatic N) is 3. The number of methoxy groups -OCH3 is 1. The van der Waals surface area contributed by atoms with E-state index in [2.05, 4.69) is 27.4 Å². The van der Waals surface area contributed by atoms with E-state index in [-0.39, 0.29) is 0 Å². The molecule has 0 aliphatic heterocycles. The normalized spacial score (nSPS) is 10.4. The molecule has 3 rings (SSSR count). The smallest absolute Gasteiger partial charge is 0.227 e. The molecule has 6 heteroatoms. The van der Waals surface area contributed by atoms with Gasteiger partial charge < -0.3 is 19.7 Å². The molecule has 0 fully saturated rings. The molecule has 0 spiro atoms. The van der Waals surface area contributed by atoms with Gasteiger partial charge in [0.1, 0.15) is 23.9 Å². The molecule has 28 heavy (non-hydrogen) atoms. The maximum Gasteiger partial charge on any atom is 0.227 e. The van der Waals surface area contributed by atoms with E-state index in [0.29, 0.717) is 19.1 Å². The molecule has 0 unspecified atom stereocenters. The second-order valence-electron chi connectivity index (χ2n) is 6.49. The van der Waals surface area contributed by atoms with Crippen molar-refractivity contribution in [1.82, 2.24) is 9.97 Å². The fourth-order valence-corrected chi connectivity index (χ4v) is 2.76. The van der Waals surface area contributed by atoms with Crippen LogP contribution in [0.4, 0.5) is 11.8 Å². The number of aromatic nitrogens is 2. The van der Waals surface area contributed by atoms with Crippen LogP contribution in [0.5, 0.6) is 11.5 Å². The van der Waals surface area contributed by atoms with Gasteiger partial charge in [-0.05, 0) is 36.8 Å². The van der Waals surface area contributed by atoms with Gasteiger partial charge in [0.2, 0.25) is 5.95 Å². The second kappa shape index (κ2) is 9.60. The zero-order valence-corrected chi connectivity index (χ0v) is 16.6. The summed E-state index contributed by atoms with van der Waals surface area (Å²) in [5.74, 6) is 3.11. The topological polar surface area (TPSA) is 59.5 Å². The monoisotopic (exact) mass is 378 g/mol. The quantitative estimate of drug-likeness (QED) is 0.570. The summed E-state index contributed by atoms with van der Waals surface area (Å²) in [6, 6.07) is 19.8. The first-order valence-electron chi connectivity index (χ1n) is 9.25. The third-order valence-corrected chi connectivity index (χ3v) is 4.18. The van der Waals surface area contributed by atoms with Gasteiger partial charge in [-0.3, -0.25) is 0 Å². The van der Waals surface area contributed by atoms with Crippen LogP contribution in [0.25, 0.3) is 0 Å². The summed E-state index contributed by atoms with van der Waals surface area (Å²) in [6.45, 7) is 3.90. The fourth-order valence-electron chi connectivity index (χ4n) is 2.76. The van der Waals surface area contributed by atoms with Crippen LogP contribution >= 0.6 is 0 Å². The third kappa shape index (κ3) is 5.61. The SMILES string of the molecule is COc1ccc(OCCNc2cc(C)nc(N(C)Cc3ccccc3)n2)cc1. The number of hydrogen-bond donors (Lipinski definition) is 1. The predicted octanol–water partition coefficient (Wildman–Crippen LogP) is 3.92. The van der Waals surface area contributed by atoms with Crippen LogP contribution in [0.3, 0.4) is 0 Å². The van der Waals surface area contributed by atoms with Crippen LogP contribution in [0, 0.1) is 6.92 Å². The van der Waals surface area contributed by atoms with E-state index in [1.54, 1.807) is 7.11 Å². The van der Waals surface area contributed by atoms with Crippen molar-refractivity contribution < 1.29 is 9.47 Å². The lowest BCUT2D eigenvalue weighted by molar-refractivity contribution is 0.331. The second-order valence-corrected chi connectivity index (χ2v) is 6.49. The van der Waals surface area contributed by atoms with E-state index in [0.717, 1.165) is 29.6 Å². The van der Waals surface area contributed by atoms with Gasteiger partial charge in [0.25, 0.3) is 0 Å². The van der Waals surface area contributed by atoms with Gasteiger partial charge in [0.15, 0.2) is 0 Å². The van der Waals surface area contributed by atoms with Crippen molar-refractivity contribution in [3.63, 3.8) is 0 Å². The molecular weight excluding hydrogens is 352 g/mol. The maximum absolute atomic E-state index is 5.74. The highest BCUT2D eigenvalue weighted by Crippen LogP contribution is 2.17. The molecule has 1 N–H and O–H groups in total. The Hall–Kier alpha value is -3.28. The average molecular weight is 378 g/mol. The lowest BCUT2D eigenvalue weighted by Crippen LogP contribution is -2.20. The highest BCUT2D eigenvalue weighted by molar-refractivity contribution is 5.43. The Kier molecular flexibility index (Phi) is 6.68. The minimum Gasteiger partial charge on any atom is -0.497 e. The molecular formula is C22H26N4O2. The summed E-state index contributed by atoms with van der Waals surface area (Å²) in [4.78, 5) is 11.2. The Morgan fingerprint density at radius 2 is 1.68 bits per heavy atom. The van der Waals surface area contributed by atoms with Crippen molar-refractivity contribution in [2.45, 2.75) is 13.5 Å². The molecule has 0 aliphatic rings. The minimum absolute atomic E-state index is 0.532. The molecule has 0 atom stereocenters. The molecule has 1 heterocycles. The molecule has 2 aromatic carbocycles. The van der Waals surface area contributed by atoms with Gasteiger partial charge in [-0.25, -0.2) is 4.98 Å². The zero-order chi connectivity index (χ0) is 19.8. The molecule has 0 bridgehead atoms. The number of aryl methyl sites for hydroxylation is 1. The molecule has 146 valence electrons. The number of ether oxygens (including phenoxy) is 2. The van der Waals surface area contributed by atoms with Crippen molar-refractivity contribution in [1.29, 1.82) is 0 Å². The van der Waals surface area contributed by atoms with E-state index in [4.69, 9.17) is 9.47 Å². The highest BCUT2D eigenvalue weighted by Gasteiger charge is 2.08. The lowest BCUT2D eigenvalue weighted by Gasteiger charge is -2.18. The Bertz CT molecular complexity index is 869. The number of rotatable bonds is 9. The molecule has 0 amide bonds. The molecule has 0 radical (unpaired) electrons. The number of benzene rings is 2. The summed E-state index contributed by atoms with van der Waals surface area (Å²) < 4.78 is 10.9. The van der Waals surface area contributed by atoms with Crippen LogP contribution < -0.4 is 19.7 Å². The van der Waals surface area contributed by atoms with Crippen LogP contribution in [0.2, 0.25) is 0 Å². The summed E-state index contributed by atoms with van der Waals surface area (Å²) >= 11 is 0. The van der Waals surface area contributed by atoms with Crippen molar-refractivity contribution in [3.8, 4) is 11.5 Å². The van der Waals surface area contributed by atoms with Crippen molar-refractivity contribution >= 4 is 11.8 Å². The Balaban J connectivity index is 1.53. The van der Waals surface area contributed by atoms with Crippen LogP contribution in [0.15, 0.2) is 60.7 Å². The average Bonchev–Trinajstić information content (AvgIpc) is 2.72. The van der Waals surface area contributed by atoms with Gasteiger partial charge in [-0.2, -0.15) is 4.98 Å². The van der Waals surface area contributed by atoms with Gasteiger partial charge in [-0.15, -0.1) is 0 Å². The van der Waals surface area contributed by atoms with E-state index in [9.17, 15) is 0 Å². The Morgan fingerprint density at radius 1 is 0.964 bits per heavy atom. The number of anilines is 2. The largest absolute Gasteiger partial charge is 0.497 e. The predicted molar refractivity (Wildman–Crippen MR) is 112 cm³/mol. The zero-order valence-electron chi connectivity index (χ0n) is 16.6. The van der Waals surface area contributed by atoms with E-state index in [1.165, 1.54) is 5.56 Å². The minimum atomic E-state index is 0.532. The summed E-state index contributed by atoms with van der Waals surface area (Å²) in [5.41, 5.74) is 2.14. The van der Waals surface area contributed by atoms with E-state index < -0.39 is 0 Å². The van der Waals surface area contributed by atoms with Crippen molar-refractivity contribution in [2.24, 2.45) is 0 Å². The molecule has 6 nitrogen and oxygen atoms in total. The van der Waals surface area contributed by atoms with E-state index in [1.807, 2.05) is 67.4 Å². The molecule has 3 aromatic rings. The van der Waals surface area contributed by atoms with Crippen LogP contribution in [0.1, 0.15) is 11.3 Å². The summed E-state index contributed by atoms with van der Waals surface area (Å²) in [5, 5.41) is 3.31. The molecule has 1 aromatic heterocycles. The van der Waals surface area contributed by atoms with Crippen LogP contribution in [-0.2, 0) is 6.54 Å². The van der Waals surface area contributed by atoms with Gasteiger partial charge >= 0.3 is 0 Å². The van der Waals surface area contributed by atoms with Gasteiger partial charge in [0, 0.05) is 25.4 Å². The molecule has 0 aliphatic carbocycles. The standard InChI is InChI=1S/C22H26N4O2/c1-17-15-21(23-13-14-28-20-11-9-19(27-3)10-12-20)25-22(24-17)26(2)16-18-7-5-4-6-8-18/h4-12,15H,13-14,16H2,1-3H3,(H,23,24,25). The van der Waals surface area contributed by atoms with E-state index >= 15 is 0 Å². The van der Waals surface area contributed by atoms with Gasteiger partial charge in [0.05, 0.1) is 13.7 Å². The highest BCUT2D eigenvalue weighted by atomic mass is 16.5. The summed E-state index contributed by atoms with van der Waals surface area (Å²) in [6.07, 6.45) is 0. The maximum atomic E-state index is 5.74. The lowest BCUT2D eigenvalue weighted by atomic mass is 10.2. The molecule has 0 saturated heterocycles. The molecule has 0 saturated carbocycles. The first-order chi connectivity index (χ1) is 13.6. The first kappa shape index (κ1) is 19.5.